The van der Waals surface area contributed by atoms with Gasteiger partial charge in [-0.25, -0.2) is 0 Å². The van der Waals surface area contributed by atoms with Crippen molar-refractivity contribution in [3.8, 4) is 0 Å². The molecule has 0 aliphatic heterocycles. The molecule has 0 aliphatic rings. The summed E-state index contributed by atoms with van der Waals surface area (Å²) in [6, 6.07) is 0.501. The molecule has 0 spiro atoms. The van der Waals surface area contributed by atoms with Crippen LogP contribution in [-0.4, -0.2) is 22.9 Å². The Kier molecular flexibility index (Phi) is 5.86. The lowest BCUT2D eigenvalue weighted by Crippen LogP contribution is -2.22. The second kappa shape index (κ2) is 6.93. The fourth-order valence-electron chi connectivity index (χ4n) is 2.41. The van der Waals surface area contributed by atoms with Gasteiger partial charge < -0.3 is 5.32 Å². The maximum Gasteiger partial charge on any atom is 0.0628 e. The van der Waals surface area contributed by atoms with Gasteiger partial charge in [0.05, 0.1) is 5.69 Å². The van der Waals surface area contributed by atoms with Gasteiger partial charge in [-0.2, -0.15) is 5.10 Å². The summed E-state index contributed by atoms with van der Waals surface area (Å²) < 4.78 is 2.20. The molecule has 1 aromatic rings. The van der Waals surface area contributed by atoms with E-state index in [4.69, 9.17) is 5.10 Å². The molecule has 0 radical (unpaired) electrons. The molecule has 2 unspecified atom stereocenters. The Balaban J connectivity index is 2.80. The van der Waals surface area contributed by atoms with Crippen molar-refractivity contribution in [1.29, 1.82) is 0 Å². The predicted octanol–water partition coefficient (Wildman–Crippen LogP) is 3.26. The first-order valence-corrected chi connectivity index (χ1v) is 7.26. The summed E-state index contributed by atoms with van der Waals surface area (Å²) >= 11 is 0. The first kappa shape index (κ1) is 15.2. The van der Waals surface area contributed by atoms with Gasteiger partial charge in [0.25, 0.3) is 0 Å². The molecular formula is C15H29N3. The Morgan fingerprint density at radius 1 is 1.22 bits per heavy atom. The Morgan fingerprint density at radius 3 is 2.44 bits per heavy atom. The van der Waals surface area contributed by atoms with Crippen LogP contribution in [0.1, 0.15) is 57.1 Å². The van der Waals surface area contributed by atoms with Crippen molar-refractivity contribution in [2.75, 3.05) is 13.1 Å². The average molecular weight is 251 g/mol. The van der Waals surface area contributed by atoms with Crippen molar-refractivity contribution in [3.63, 3.8) is 0 Å². The molecule has 0 saturated carbocycles. The zero-order valence-corrected chi connectivity index (χ0v) is 12.9. The topological polar surface area (TPSA) is 29.9 Å². The average Bonchev–Trinajstić information content (AvgIpc) is 2.63. The number of hydrogen-bond donors (Lipinski definition) is 1. The summed E-state index contributed by atoms with van der Waals surface area (Å²) in [7, 11) is 0. The van der Waals surface area contributed by atoms with E-state index in [9.17, 15) is 0 Å². The van der Waals surface area contributed by atoms with Gasteiger partial charge >= 0.3 is 0 Å². The molecule has 0 aliphatic carbocycles. The van der Waals surface area contributed by atoms with Crippen LogP contribution in [0.5, 0.6) is 0 Å². The van der Waals surface area contributed by atoms with Gasteiger partial charge in [-0.15, -0.1) is 0 Å². The smallest absolute Gasteiger partial charge is 0.0628 e. The summed E-state index contributed by atoms with van der Waals surface area (Å²) in [5, 5.41) is 8.13. The molecule has 18 heavy (non-hydrogen) atoms. The maximum absolute atomic E-state index is 4.71. The molecule has 0 amide bonds. The largest absolute Gasteiger partial charge is 0.317 e. The SMILES string of the molecule is CCNCC(C)Cc1c(C)nn(C(C)CC)c1C. The lowest BCUT2D eigenvalue weighted by atomic mass is 9.99. The number of nitrogens with zero attached hydrogens (tertiary/aromatic N) is 2. The number of aromatic nitrogens is 2. The highest BCUT2D eigenvalue weighted by molar-refractivity contribution is 5.25. The van der Waals surface area contributed by atoms with Crippen molar-refractivity contribution in [2.24, 2.45) is 5.92 Å². The molecule has 1 rings (SSSR count). The van der Waals surface area contributed by atoms with E-state index in [0.29, 0.717) is 12.0 Å². The summed E-state index contributed by atoms with van der Waals surface area (Å²) in [5.74, 6) is 0.664. The molecule has 0 bridgehead atoms. The molecule has 3 heteroatoms. The summed E-state index contributed by atoms with van der Waals surface area (Å²) in [4.78, 5) is 0. The molecule has 104 valence electrons. The number of hydrogen-bond acceptors (Lipinski definition) is 2. The van der Waals surface area contributed by atoms with E-state index in [2.05, 4.69) is 51.5 Å². The molecule has 1 aromatic heterocycles. The van der Waals surface area contributed by atoms with Crippen molar-refractivity contribution < 1.29 is 0 Å². The van der Waals surface area contributed by atoms with Crippen molar-refractivity contribution >= 4 is 0 Å². The second-order valence-corrected chi connectivity index (χ2v) is 5.47. The van der Waals surface area contributed by atoms with E-state index in [0.717, 1.165) is 25.9 Å². The Bertz CT molecular complexity index is 368. The fourth-order valence-corrected chi connectivity index (χ4v) is 2.41. The Labute approximate surface area is 112 Å². The Morgan fingerprint density at radius 2 is 1.89 bits per heavy atom. The van der Waals surface area contributed by atoms with Gasteiger partial charge in [-0.1, -0.05) is 20.8 Å². The molecule has 0 fully saturated rings. The van der Waals surface area contributed by atoms with Crippen LogP contribution in [0.25, 0.3) is 0 Å². The number of aryl methyl sites for hydroxylation is 1. The Hall–Kier alpha value is -0.830. The standard InChI is InChI=1S/C15H29N3/c1-7-12(4)18-14(6)15(13(5)17-18)9-11(3)10-16-8-2/h11-12,16H,7-10H2,1-6H3. The number of nitrogens with one attached hydrogen (secondary N) is 1. The molecule has 3 nitrogen and oxygen atoms in total. The molecule has 1 N–H and O–H groups in total. The minimum atomic E-state index is 0.501. The lowest BCUT2D eigenvalue weighted by molar-refractivity contribution is 0.463. The summed E-state index contributed by atoms with van der Waals surface area (Å²) in [6.45, 7) is 15.4. The van der Waals surface area contributed by atoms with Gasteiger partial charge in [0, 0.05) is 11.7 Å². The van der Waals surface area contributed by atoms with E-state index >= 15 is 0 Å². The lowest BCUT2D eigenvalue weighted by Gasteiger charge is -2.14. The van der Waals surface area contributed by atoms with Gasteiger partial charge in [0.15, 0.2) is 0 Å². The highest BCUT2D eigenvalue weighted by atomic mass is 15.3. The first-order chi connectivity index (χ1) is 8.51. The minimum absolute atomic E-state index is 0.501. The normalized spacial score (nSPS) is 14.8. The van der Waals surface area contributed by atoms with E-state index in [1.807, 2.05) is 0 Å². The monoisotopic (exact) mass is 251 g/mol. The van der Waals surface area contributed by atoms with Crippen LogP contribution in [0.4, 0.5) is 0 Å². The molecular weight excluding hydrogens is 222 g/mol. The summed E-state index contributed by atoms with van der Waals surface area (Å²) in [5.41, 5.74) is 4.00. The van der Waals surface area contributed by atoms with Crippen LogP contribution in [0, 0.1) is 19.8 Å². The van der Waals surface area contributed by atoms with Crippen molar-refractivity contribution in [1.82, 2.24) is 15.1 Å². The molecule has 1 heterocycles. The zero-order valence-electron chi connectivity index (χ0n) is 12.9. The van der Waals surface area contributed by atoms with E-state index < -0.39 is 0 Å². The minimum Gasteiger partial charge on any atom is -0.317 e. The second-order valence-electron chi connectivity index (χ2n) is 5.47. The zero-order chi connectivity index (χ0) is 13.7. The predicted molar refractivity (Wildman–Crippen MR) is 78.1 cm³/mol. The first-order valence-electron chi connectivity index (χ1n) is 7.26. The van der Waals surface area contributed by atoms with E-state index in [1.54, 1.807) is 0 Å². The quantitative estimate of drug-likeness (QED) is 0.806. The number of rotatable bonds is 7. The summed E-state index contributed by atoms with van der Waals surface area (Å²) in [6.07, 6.45) is 2.26. The van der Waals surface area contributed by atoms with Crippen LogP contribution < -0.4 is 5.32 Å². The van der Waals surface area contributed by atoms with Crippen molar-refractivity contribution in [2.45, 2.75) is 60.4 Å². The highest BCUT2D eigenvalue weighted by Crippen LogP contribution is 2.21. The van der Waals surface area contributed by atoms with Crippen LogP contribution in [0.15, 0.2) is 0 Å². The maximum atomic E-state index is 4.71. The molecule has 0 aromatic carbocycles. The molecule has 2 atom stereocenters. The highest BCUT2D eigenvalue weighted by Gasteiger charge is 2.16. The third-order valence-corrected chi connectivity index (χ3v) is 3.78. The van der Waals surface area contributed by atoms with Gasteiger partial charge in [-0.3, -0.25) is 4.68 Å². The third-order valence-electron chi connectivity index (χ3n) is 3.78. The van der Waals surface area contributed by atoms with Crippen LogP contribution in [-0.2, 0) is 6.42 Å². The van der Waals surface area contributed by atoms with Crippen LogP contribution in [0.3, 0.4) is 0 Å². The third kappa shape index (κ3) is 3.58. The van der Waals surface area contributed by atoms with E-state index in [1.165, 1.54) is 17.0 Å². The van der Waals surface area contributed by atoms with E-state index in [-0.39, 0.29) is 0 Å². The van der Waals surface area contributed by atoms with Gasteiger partial charge in [0.1, 0.15) is 0 Å². The van der Waals surface area contributed by atoms with Crippen LogP contribution in [0.2, 0.25) is 0 Å². The van der Waals surface area contributed by atoms with Gasteiger partial charge in [-0.05, 0) is 58.2 Å². The molecule has 0 saturated heterocycles. The van der Waals surface area contributed by atoms with Crippen molar-refractivity contribution in [3.05, 3.63) is 17.0 Å². The van der Waals surface area contributed by atoms with Gasteiger partial charge in [0.2, 0.25) is 0 Å². The van der Waals surface area contributed by atoms with Crippen LogP contribution >= 0.6 is 0 Å². The fraction of sp³-hybridized carbons (Fsp3) is 0.800.